The SMILES string of the molecule is CC(C)(CBr)c1cc([N+](=O)[O-])[nH]n1. The molecular weight excluding hydrogens is 238 g/mol. The highest BCUT2D eigenvalue weighted by atomic mass is 79.9. The molecule has 0 bridgehead atoms. The van der Waals surface area contributed by atoms with Crippen molar-refractivity contribution in [2.45, 2.75) is 19.3 Å². The van der Waals surface area contributed by atoms with E-state index < -0.39 is 4.92 Å². The summed E-state index contributed by atoms with van der Waals surface area (Å²) in [6.45, 7) is 3.92. The van der Waals surface area contributed by atoms with E-state index >= 15 is 0 Å². The van der Waals surface area contributed by atoms with Gasteiger partial charge in [-0.1, -0.05) is 34.9 Å². The highest BCUT2D eigenvalue weighted by Gasteiger charge is 2.25. The number of aromatic amines is 1. The summed E-state index contributed by atoms with van der Waals surface area (Å²) < 4.78 is 0. The van der Waals surface area contributed by atoms with E-state index in [0.717, 1.165) is 0 Å². The van der Waals surface area contributed by atoms with Gasteiger partial charge in [-0.15, -0.1) is 5.10 Å². The largest absolute Gasteiger partial charge is 0.358 e. The zero-order valence-corrected chi connectivity index (χ0v) is 8.96. The molecule has 0 aliphatic rings. The minimum absolute atomic E-state index is 0.0657. The maximum absolute atomic E-state index is 10.4. The van der Waals surface area contributed by atoms with Crippen LogP contribution in [0.2, 0.25) is 0 Å². The fraction of sp³-hybridized carbons (Fsp3) is 0.571. The van der Waals surface area contributed by atoms with Crippen LogP contribution in [0.4, 0.5) is 5.82 Å². The Labute approximate surface area is 83.8 Å². The van der Waals surface area contributed by atoms with Gasteiger partial charge in [0.25, 0.3) is 0 Å². The quantitative estimate of drug-likeness (QED) is 0.505. The van der Waals surface area contributed by atoms with Crippen molar-refractivity contribution >= 4 is 21.7 Å². The summed E-state index contributed by atoms with van der Waals surface area (Å²) in [5.74, 6) is -0.0657. The highest BCUT2D eigenvalue weighted by Crippen LogP contribution is 2.25. The molecule has 1 N–H and O–H groups in total. The van der Waals surface area contributed by atoms with Crippen molar-refractivity contribution in [2.24, 2.45) is 0 Å². The topological polar surface area (TPSA) is 71.8 Å². The second kappa shape index (κ2) is 3.45. The first-order chi connectivity index (χ1) is 5.97. The zero-order valence-electron chi connectivity index (χ0n) is 7.37. The van der Waals surface area contributed by atoms with Crippen LogP contribution < -0.4 is 0 Å². The lowest BCUT2D eigenvalue weighted by Crippen LogP contribution is -2.19. The summed E-state index contributed by atoms with van der Waals surface area (Å²) in [5, 5.41) is 17.3. The predicted octanol–water partition coefficient (Wildman–Crippen LogP) is 1.99. The molecule has 5 nitrogen and oxygen atoms in total. The third-order valence-corrected chi connectivity index (χ3v) is 3.19. The Morgan fingerprint density at radius 1 is 1.77 bits per heavy atom. The Morgan fingerprint density at radius 2 is 2.38 bits per heavy atom. The molecule has 1 rings (SSSR count). The molecule has 0 saturated carbocycles. The van der Waals surface area contributed by atoms with Gasteiger partial charge in [0.05, 0.1) is 11.8 Å². The van der Waals surface area contributed by atoms with E-state index in [9.17, 15) is 10.1 Å². The van der Waals surface area contributed by atoms with Crippen molar-refractivity contribution in [1.29, 1.82) is 0 Å². The molecule has 6 heteroatoms. The molecule has 1 aromatic heterocycles. The normalized spacial score (nSPS) is 11.6. The van der Waals surface area contributed by atoms with E-state index in [4.69, 9.17) is 0 Å². The number of alkyl halides is 1. The lowest BCUT2D eigenvalue weighted by Gasteiger charge is -2.16. The summed E-state index contributed by atoms with van der Waals surface area (Å²) in [6, 6.07) is 1.46. The zero-order chi connectivity index (χ0) is 10.1. The molecule has 0 atom stereocenters. The monoisotopic (exact) mass is 247 g/mol. The molecule has 0 radical (unpaired) electrons. The number of H-pyrrole nitrogens is 1. The number of aromatic nitrogens is 2. The van der Waals surface area contributed by atoms with Gasteiger partial charge in [0, 0.05) is 10.7 Å². The van der Waals surface area contributed by atoms with Crippen molar-refractivity contribution in [2.75, 3.05) is 5.33 Å². The Kier molecular flexibility index (Phi) is 2.70. The lowest BCUT2D eigenvalue weighted by atomic mass is 9.92. The van der Waals surface area contributed by atoms with Gasteiger partial charge < -0.3 is 10.1 Å². The van der Waals surface area contributed by atoms with Gasteiger partial charge in [0.15, 0.2) is 0 Å². The fourth-order valence-electron chi connectivity index (χ4n) is 0.820. The van der Waals surface area contributed by atoms with Gasteiger partial charge in [0.2, 0.25) is 0 Å². The molecule has 0 fully saturated rings. The Morgan fingerprint density at radius 3 is 2.77 bits per heavy atom. The summed E-state index contributed by atoms with van der Waals surface area (Å²) >= 11 is 3.33. The molecule has 0 aliphatic carbocycles. The Hall–Kier alpha value is -0.910. The summed E-state index contributed by atoms with van der Waals surface area (Å²) in [4.78, 5) is 9.87. The van der Waals surface area contributed by atoms with Gasteiger partial charge in [-0.3, -0.25) is 0 Å². The van der Waals surface area contributed by atoms with Gasteiger partial charge in [-0.25, -0.2) is 0 Å². The lowest BCUT2D eigenvalue weighted by molar-refractivity contribution is -0.389. The van der Waals surface area contributed by atoms with Crippen molar-refractivity contribution in [1.82, 2.24) is 10.2 Å². The highest BCUT2D eigenvalue weighted by molar-refractivity contribution is 9.09. The molecule has 13 heavy (non-hydrogen) atoms. The molecular formula is C7H10BrN3O2. The van der Waals surface area contributed by atoms with Gasteiger partial charge >= 0.3 is 5.82 Å². The molecule has 1 heterocycles. The third-order valence-electron chi connectivity index (χ3n) is 1.79. The first-order valence-electron chi connectivity index (χ1n) is 3.73. The maximum Gasteiger partial charge on any atom is 0.342 e. The minimum Gasteiger partial charge on any atom is -0.358 e. The minimum atomic E-state index is -0.485. The Bertz CT molecular complexity index is 321. The molecule has 72 valence electrons. The average Bonchev–Trinajstić information content (AvgIpc) is 2.52. The van der Waals surface area contributed by atoms with Crippen molar-refractivity contribution in [3.8, 4) is 0 Å². The Balaban J connectivity index is 2.98. The van der Waals surface area contributed by atoms with Crippen LogP contribution in [-0.2, 0) is 5.41 Å². The number of rotatable bonds is 3. The summed E-state index contributed by atoms with van der Waals surface area (Å²) in [6.07, 6.45) is 0. The van der Waals surface area contributed by atoms with E-state index in [1.807, 2.05) is 13.8 Å². The maximum atomic E-state index is 10.4. The van der Waals surface area contributed by atoms with Crippen LogP contribution >= 0.6 is 15.9 Å². The van der Waals surface area contributed by atoms with E-state index in [-0.39, 0.29) is 11.2 Å². The number of nitrogens with one attached hydrogen (secondary N) is 1. The predicted molar refractivity (Wildman–Crippen MR) is 52.1 cm³/mol. The third kappa shape index (κ3) is 2.06. The molecule has 0 aliphatic heterocycles. The summed E-state index contributed by atoms with van der Waals surface area (Å²) in [7, 11) is 0. The second-order valence-electron chi connectivity index (χ2n) is 3.41. The molecule has 0 saturated heterocycles. The van der Waals surface area contributed by atoms with Crippen LogP contribution in [0.3, 0.4) is 0 Å². The van der Waals surface area contributed by atoms with Gasteiger partial charge in [-0.2, -0.15) is 0 Å². The molecule has 0 amide bonds. The van der Waals surface area contributed by atoms with Gasteiger partial charge in [-0.05, 0) is 4.92 Å². The van der Waals surface area contributed by atoms with Crippen LogP contribution in [0.25, 0.3) is 0 Å². The first kappa shape index (κ1) is 10.2. The van der Waals surface area contributed by atoms with Crippen molar-refractivity contribution in [3.63, 3.8) is 0 Å². The van der Waals surface area contributed by atoms with Crippen molar-refractivity contribution < 1.29 is 4.92 Å². The average molecular weight is 248 g/mol. The van der Waals surface area contributed by atoms with E-state index in [1.165, 1.54) is 6.07 Å². The number of hydrogen-bond acceptors (Lipinski definition) is 3. The number of hydrogen-bond donors (Lipinski definition) is 1. The number of halogens is 1. The molecule has 0 spiro atoms. The van der Waals surface area contributed by atoms with Crippen LogP contribution in [0.1, 0.15) is 19.5 Å². The first-order valence-corrected chi connectivity index (χ1v) is 4.86. The van der Waals surface area contributed by atoms with Crippen LogP contribution in [0.15, 0.2) is 6.07 Å². The molecule has 0 unspecified atom stereocenters. The van der Waals surface area contributed by atoms with Crippen molar-refractivity contribution in [3.05, 3.63) is 21.9 Å². The van der Waals surface area contributed by atoms with Crippen LogP contribution in [0.5, 0.6) is 0 Å². The fourth-order valence-corrected chi connectivity index (χ4v) is 1.11. The van der Waals surface area contributed by atoms with E-state index in [2.05, 4.69) is 26.1 Å². The molecule has 0 aromatic carbocycles. The number of nitro groups is 1. The standard InChI is InChI=1S/C7H10BrN3O2/c1-7(2,4-8)5-3-6(10-9-5)11(12)13/h3H,4H2,1-2H3,(H,9,10). The second-order valence-corrected chi connectivity index (χ2v) is 3.97. The number of nitrogens with zero attached hydrogens (tertiary/aromatic N) is 2. The summed E-state index contributed by atoms with van der Waals surface area (Å²) in [5.41, 5.74) is 0.501. The smallest absolute Gasteiger partial charge is 0.342 e. The van der Waals surface area contributed by atoms with Gasteiger partial charge in [0.1, 0.15) is 0 Å². The van der Waals surface area contributed by atoms with E-state index in [1.54, 1.807) is 0 Å². The molecule has 1 aromatic rings. The van der Waals surface area contributed by atoms with Crippen LogP contribution in [0, 0.1) is 10.1 Å². The van der Waals surface area contributed by atoms with E-state index in [0.29, 0.717) is 11.0 Å². The van der Waals surface area contributed by atoms with Crippen LogP contribution in [-0.4, -0.2) is 20.5 Å².